The zero-order valence-corrected chi connectivity index (χ0v) is 17.1. The molecule has 1 N–H and O–H groups in total. The maximum Gasteiger partial charge on any atom is 0.282 e. The lowest BCUT2D eigenvalue weighted by Gasteiger charge is -2.14. The summed E-state index contributed by atoms with van der Waals surface area (Å²) < 4.78 is 25.7. The number of anilines is 1. The Kier molecular flexibility index (Phi) is 4.65. The van der Waals surface area contributed by atoms with Gasteiger partial charge >= 0.3 is 0 Å². The number of nitro groups is 1. The number of nitro benzene ring substituents is 1. The first-order valence-corrected chi connectivity index (χ1v) is 10.9. The molecule has 1 amide bonds. The van der Waals surface area contributed by atoms with Crippen molar-refractivity contribution in [1.82, 2.24) is 9.78 Å². The van der Waals surface area contributed by atoms with Crippen molar-refractivity contribution in [3.8, 4) is 5.69 Å². The second-order valence-corrected chi connectivity index (χ2v) is 9.23. The molecule has 2 aromatic carbocycles. The largest absolute Gasteiger partial charge is 0.306 e. The van der Waals surface area contributed by atoms with Gasteiger partial charge < -0.3 is 5.32 Å². The van der Waals surface area contributed by atoms with Gasteiger partial charge in [0.2, 0.25) is 0 Å². The van der Waals surface area contributed by atoms with Crippen molar-refractivity contribution in [1.29, 1.82) is 0 Å². The Morgan fingerprint density at radius 3 is 2.60 bits per heavy atom. The van der Waals surface area contributed by atoms with Gasteiger partial charge in [0.1, 0.15) is 11.4 Å². The summed E-state index contributed by atoms with van der Waals surface area (Å²) in [5.74, 6) is -0.961. The third-order valence-electron chi connectivity index (χ3n) is 5.17. The van der Waals surface area contributed by atoms with Crippen LogP contribution in [0.4, 0.5) is 11.5 Å². The van der Waals surface area contributed by atoms with E-state index < -0.39 is 20.7 Å². The number of benzene rings is 2. The fourth-order valence-electron chi connectivity index (χ4n) is 3.51. The third kappa shape index (κ3) is 3.35. The van der Waals surface area contributed by atoms with Crippen LogP contribution in [0.5, 0.6) is 0 Å². The normalized spacial score (nSPS) is 14.3. The minimum Gasteiger partial charge on any atom is -0.306 e. The molecule has 4 rings (SSSR count). The van der Waals surface area contributed by atoms with E-state index in [0.717, 1.165) is 11.1 Å². The number of aryl methyl sites for hydroxylation is 1. The predicted molar refractivity (Wildman–Crippen MR) is 110 cm³/mol. The SMILES string of the molecule is Cc1cccc(-n2nc3c(c2NC(=O)c2ccccc2[N+](=O)[O-])CS(=O)(=O)C3)c1C. The number of carbonyl (C=O) groups excluding carboxylic acids is 1. The van der Waals surface area contributed by atoms with Gasteiger partial charge in [-0.25, -0.2) is 13.1 Å². The summed E-state index contributed by atoms with van der Waals surface area (Å²) in [6, 6.07) is 11.2. The lowest BCUT2D eigenvalue weighted by Crippen LogP contribution is -2.18. The minimum atomic E-state index is -3.36. The van der Waals surface area contributed by atoms with Crippen LogP contribution >= 0.6 is 0 Å². The Balaban J connectivity index is 1.84. The van der Waals surface area contributed by atoms with Gasteiger partial charge in [-0.05, 0) is 37.1 Å². The van der Waals surface area contributed by atoms with Gasteiger partial charge in [-0.2, -0.15) is 5.10 Å². The second-order valence-electron chi connectivity index (χ2n) is 7.17. The Morgan fingerprint density at radius 1 is 1.13 bits per heavy atom. The maximum atomic E-state index is 12.9. The Hall–Kier alpha value is -3.53. The van der Waals surface area contributed by atoms with Crippen LogP contribution in [0.3, 0.4) is 0 Å². The van der Waals surface area contributed by atoms with Crippen molar-refractivity contribution in [2.45, 2.75) is 25.4 Å². The van der Waals surface area contributed by atoms with Gasteiger partial charge in [0.15, 0.2) is 9.84 Å². The topological polar surface area (TPSA) is 124 Å². The van der Waals surface area contributed by atoms with Crippen molar-refractivity contribution >= 4 is 27.2 Å². The van der Waals surface area contributed by atoms with Crippen LogP contribution in [-0.2, 0) is 21.3 Å². The molecule has 10 heteroatoms. The van der Waals surface area contributed by atoms with Crippen LogP contribution in [0.15, 0.2) is 42.5 Å². The minimum absolute atomic E-state index is 0.120. The summed E-state index contributed by atoms with van der Waals surface area (Å²) in [6.45, 7) is 3.84. The molecule has 9 nitrogen and oxygen atoms in total. The Morgan fingerprint density at radius 2 is 1.87 bits per heavy atom. The van der Waals surface area contributed by atoms with E-state index in [1.807, 2.05) is 32.0 Å². The van der Waals surface area contributed by atoms with E-state index >= 15 is 0 Å². The standard InChI is InChI=1S/C20H18N4O5S/c1-12-6-5-9-17(13(12)2)23-19(15-10-30(28,29)11-16(15)22-23)21-20(25)14-7-3-4-8-18(14)24(26)27/h3-9H,10-11H2,1-2H3,(H,21,25). The average Bonchev–Trinajstić information content (AvgIpc) is 3.16. The number of rotatable bonds is 4. The number of aromatic nitrogens is 2. The zero-order valence-electron chi connectivity index (χ0n) is 16.2. The number of hydrogen-bond donors (Lipinski definition) is 1. The van der Waals surface area contributed by atoms with Crippen LogP contribution in [0.2, 0.25) is 0 Å². The van der Waals surface area contributed by atoms with Gasteiger partial charge in [-0.15, -0.1) is 0 Å². The van der Waals surface area contributed by atoms with Gasteiger partial charge in [-0.3, -0.25) is 14.9 Å². The molecule has 0 fully saturated rings. The van der Waals surface area contributed by atoms with Crippen LogP contribution in [0.1, 0.15) is 32.7 Å². The monoisotopic (exact) mass is 426 g/mol. The highest BCUT2D eigenvalue weighted by Crippen LogP contribution is 2.34. The number of hydrogen-bond acceptors (Lipinski definition) is 6. The predicted octanol–water partition coefficient (Wildman–Crippen LogP) is 3.08. The fourth-order valence-corrected chi connectivity index (χ4v) is 5.00. The van der Waals surface area contributed by atoms with Gasteiger partial charge in [0.25, 0.3) is 11.6 Å². The van der Waals surface area contributed by atoms with Crippen molar-refractivity contribution < 1.29 is 18.1 Å². The molecule has 30 heavy (non-hydrogen) atoms. The molecular formula is C20H18N4O5S. The Bertz CT molecular complexity index is 1310. The van der Waals surface area contributed by atoms with E-state index in [1.54, 1.807) is 0 Å². The lowest BCUT2D eigenvalue weighted by molar-refractivity contribution is -0.385. The van der Waals surface area contributed by atoms with Crippen LogP contribution in [0.25, 0.3) is 5.69 Å². The molecule has 0 spiro atoms. The summed E-state index contributed by atoms with van der Waals surface area (Å²) >= 11 is 0. The summed E-state index contributed by atoms with van der Waals surface area (Å²) in [5, 5.41) is 18.4. The van der Waals surface area contributed by atoms with Gasteiger partial charge in [0.05, 0.1) is 27.8 Å². The number of carbonyl (C=O) groups is 1. The highest BCUT2D eigenvalue weighted by atomic mass is 32.2. The smallest absolute Gasteiger partial charge is 0.282 e. The molecule has 0 saturated heterocycles. The molecule has 0 aliphatic carbocycles. The van der Waals surface area contributed by atoms with E-state index in [4.69, 9.17) is 0 Å². The molecule has 1 aliphatic rings. The molecule has 0 unspecified atom stereocenters. The van der Waals surface area contributed by atoms with Crippen molar-refractivity contribution in [2.24, 2.45) is 0 Å². The summed E-state index contributed by atoms with van der Waals surface area (Å²) in [5.41, 5.74) is 2.94. The first kappa shape index (κ1) is 19.8. The number of fused-ring (bicyclic) bond motifs is 1. The van der Waals surface area contributed by atoms with Crippen molar-refractivity contribution in [3.05, 3.63) is 80.5 Å². The van der Waals surface area contributed by atoms with E-state index in [2.05, 4.69) is 10.4 Å². The van der Waals surface area contributed by atoms with Crippen LogP contribution < -0.4 is 5.32 Å². The number of nitrogens with zero attached hydrogens (tertiary/aromatic N) is 3. The number of para-hydroxylation sites is 1. The number of amides is 1. The van der Waals surface area contributed by atoms with Gasteiger partial charge in [-0.1, -0.05) is 24.3 Å². The molecule has 0 atom stereocenters. The molecule has 3 aromatic rings. The van der Waals surface area contributed by atoms with Crippen molar-refractivity contribution in [2.75, 3.05) is 5.32 Å². The van der Waals surface area contributed by atoms with Crippen molar-refractivity contribution in [3.63, 3.8) is 0 Å². The highest BCUT2D eigenvalue weighted by Gasteiger charge is 2.34. The molecular weight excluding hydrogens is 408 g/mol. The third-order valence-corrected chi connectivity index (χ3v) is 6.61. The van der Waals surface area contributed by atoms with E-state index in [-0.39, 0.29) is 28.6 Å². The fraction of sp³-hybridized carbons (Fsp3) is 0.200. The molecule has 0 radical (unpaired) electrons. The maximum absolute atomic E-state index is 12.9. The summed E-state index contributed by atoms with van der Waals surface area (Å²) in [7, 11) is -3.36. The number of sulfone groups is 1. The average molecular weight is 426 g/mol. The highest BCUT2D eigenvalue weighted by molar-refractivity contribution is 7.90. The number of nitrogens with one attached hydrogen (secondary N) is 1. The van der Waals surface area contributed by atoms with E-state index in [1.165, 1.54) is 28.9 Å². The second kappa shape index (κ2) is 7.06. The quantitative estimate of drug-likeness (QED) is 0.505. The summed E-state index contributed by atoms with van der Waals surface area (Å²) in [6.07, 6.45) is 0. The molecule has 1 aliphatic heterocycles. The molecule has 0 saturated carbocycles. The molecule has 1 aromatic heterocycles. The van der Waals surface area contributed by atoms with Gasteiger partial charge in [0, 0.05) is 11.6 Å². The first-order valence-electron chi connectivity index (χ1n) is 9.10. The summed E-state index contributed by atoms with van der Waals surface area (Å²) in [4.78, 5) is 23.6. The van der Waals surface area contributed by atoms with E-state index in [9.17, 15) is 23.3 Å². The zero-order chi connectivity index (χ0) is 21.6. The van der Waals surface area contributed by atoms with Crippen LogP contribution in [0, 0.1) is 24.0 Å². The molecule has 2 heterocycles. The van der Waals surface area contributed by atoms with Crippen LogP contribution in [-0.4, -0.2) is 29.0 Å². The molecule has 154 valence electrons. The Labute approximate surface area is 172 Å². The van der Waals surface area contributed by atoms with E-state index in [0.29, 0.717) is 16.9 Å². The lowest BCUT2D eigenvalue weighted by atomic mass is 10.1. The first-order chi connectivity index (χ1) is 14.2. The molecule has 0 bridgehead atoms.